The molecule has 1 saturated heterocycles. The van der Waals surface area contributed by atoms with Gasteiger partial charge in [-0.2, -0.15) is 5.26 Å². The number of hydrogen-bond donors (Lipinski definition) is 0. The summed E-state index contributed by atoms with van der Waals surface area (Å²) in [5.74, 6) is -0.945. The lowest BCUT2D eigenvalue weighted by Crippen LogP contribution is -2.47. The van der Waals surface area contributed by atoms with Crippen LogP contribution in [0.25, 0.3) is 0 Å². The first-order valence-corrected chi connectivity index (χ1v) is 12.6. The van der Waals surface area contributed by atoms with Gasteiger partial charge in [-0.15, -0.1) is 0 Å². The summed E-state index contributed by atoms with van der Waals surface area (Å²) in [5.41, 5.74) is -0.809. The molecule has 33 heavy (non-hydrogen) atoms. The average Bonchev–Trinajstić information content (AvgIpc) is 3.03. The van der Waals surface area contributed by atoms with Crippen LogP contribution in [0.15, 0.2) is 40.8 Å². The molecule has 3 rings (SSSR count). The Labute approximate surface area is 195 Å². The van der Waals surface area contributed by atoms with E-state index in [4.69, 9.17) is 9.47 Å². The van der Waals surface area contributed by atoms with Gasteiger partial charge in [-0.3, -0.25) is 0 Å². The minimum atomic E-state index is -3.94. The van der Waals surface area contributed by atoms with Crippen LogP contribution in [0, 0.1) is 16.7 Å². The third-order valence-electron chi connectivity index (χ3n) is 6.00. The summed E-state index contributed by atoms with van der Waals surface area (Å²) in [6.07, 6.45) is -0.726. The smallest absolute Gasteiger partial charge is 0.410 e. The van der Waals surface area contributed by atoms with E-state index < -0.39 is 39.0 Å². The SMILES string of the molecule is CC1=C(S(=O)(=O)CC2(CC#N)CCN(C(=O)OC(C)(C)C)CC2)C(c2ccccc2)OC1=O. The fraction of sp³-hybridized carbons (Fsp3) is 0.542. The normalized spacial score (nSPS) is 20.9. The van der Waals surface area contributed by atoms with Gasteiger partial charge in [0, 0.05) is 24.9 Å². The van der Waals surface area contributed by atoms with Gasteiger partial charge in [-0.05, 0) is 46.1 Å². The molecule has 2 aliphatic heterocycles. The summed E-state index contributed by atoms with van der Waals surface area (Å²) in [5, 5.41) is 9.46. The van der Waals surface area contributed by atoms with Crippen LogP contribution in [0.3, 0.4) is 0 Å². The lowest BCUT2D eigenvalue weighted by atomic mass is 9.78. The van der Waals surface area contributed by atoms with E-state index in [2.05, 4.69) is 6.07 Å². The van der Waals surface area contributed by atoms with Gasteiger partial charge < -0.3 is 14.4 Å². The van der Waals surface area contributed by atoms with Gasteiger partial charge in [0.2, 0.25) is 0 Å². The topological polar surface area (TPSA) is 114 Å². The summed E-state index contributed by atoms with van der Waals surface area (Å²) < 4.78 is 38.1. The zero-order valence-electron chi connectivity index (χ0n) is 19.5. The number of sulfone groups is 1. The number of cyclic esters (lactones) is 1. The molecule has 1 unspecified atom stereocenters. The molecule has 0 bridgehead atoms. The van der Waals surface area contributed by atoms with Crippen molar-refractivity contribution in [1.82, 2.24) is 4.90 Å². The van der Waals surface area contributed by atoms with E-state index in [-0.39, 0.29) is 22.7 Å². The Bertz CT molecular complexity index is 1090. The summed E-state index contributed by atoms with van der Waals surface area (Å²) >= 11 is 0. The quantitative estimate of drug-likeness (QED) is 0.595. The van der Waals surface area contributed by atoms with Crippen LogP contribution >= 0.6 is 0 Å². The van der Waals surface area contributed by atoms with Gasteiger partial charge in [0.05, 0.1) is 22.3 Å². The van der Waals surface area contributed by atoms with Crippen molar-refractivity contribution in [1.29, 1.82) is 5.26 Å². The second-order valence-electron chi connectivity index (χ2n) is 9.75. The van der Waals surface area contributed by atoms with E-state index in [1.165, 1.54) is 6.92 Å². The molecule has 1 aromatic carbocycles. The van der Waals surface area contributed by atoms with Crippen molar-refractivity contribution in [3.63, 3.8) is 0 Å². The molecule has 0 saturated carbocycles. The number of hydrogen-bond acceptors (Lipinski definition) is 7. The minimum Gasteiger partial charge on any atom is -0.448 e. The molecule has 8 nitrogen and oxygen atoms in total. The monoisotopic (exact) mass is 474 g/mol. The number of nitrogens with zero attached hydrogens (tertiary/aromatic N) is 2. The van der Waals surface area contributed by atoms with Crippen LogP contribution in [-0.4, -0.2) is 49.8 Å². The zero-order valence-corrected chi connectivity index (χ0v) is 20.3. The molecule has 1 fully saturated rings. The van der Waals surface area contributed by atoms with Gasteiger partial charge in [-0.25, -0.2) is 18.0 Å². The van der Waals surface area contributed by atoms with Crippen molar-refractivity contribution in [3.8, 4) is 6.07 Å². The van der Waals surface area contributed by atoms with Crippen molar-refractivity contribution in [3.05, 3.63) is 46.4 Å². The number of piperidine rings is 1. The number of esters is 1. The predicted molar refractivity (Wildman–Crippen MR) is 121 cm³/mol. The second-order valence-corrected chi connectivity index (χ2v) is 11.7. The highest BCUT2D eigenvalue weighted by molar-refractivity contribution is 7.95. The molecule has 1 amide bonds. The van der Waals surface area contributed by atoms with Crippen molar-refractivity contribution < 1.29 is 27.5 Å². The molecular weight excluding hydrogens is 444 g/mol. The van der Waals surface area contributed by atoms with Gasteiger partial charge in [0.1, 0.15) is 5.60 Å². The average molecular weight is 475 g/mol. The first kappa shape index (κ1) is 24.8. The van der Waals surface area contributed by atoms with Gasteiger partial charge in [-0.1, -0.05) is 30.3 Å². The van der Waals surface area contributed by atoms with E-state index in [9.17, 15) is 23.3 Å². The van der Waals surface area contributed by atoms with E-state index in [1.54, 1.807) is 56.0 Å². The Balaban J connectivity index is 1.84. The lowest BCUT2D eigenvalue weighted by Gasteiger charge is -2.40. The number of amides is 1. The summed E-state index contributed by atoms with van der Waals surface area (Å²) in [4.78, 5) is 26.2. The van der Waals surface area contributed by atoms with Crippen LogP contribution in [0.4, 0.5) is 4.79 Å². The van der Waals surface area contributed by atoms with Crippen molar-refractivity contribution in [2.75, 3.05) is 18.8 Å². The molecule has 1 aromatic rings. The maximum Gasteiger partial charge on any atom is 0.410 e. The fourth-order valence-corrected chi connectivity index (χ4v) is 6.71. The molecule has 0 spiro atoms. The number of rotatable bonds is 5. The van der Waals surface area contributed by atoms with E-state index in [0.717, 1.165) is 0 Å². The number of likely N-dealkylation sites (tertiary alicyclic amines) is 1. The molecule has 178 valence electrons. The summed E-state index contributed by atoms with van der Waals surface area (Å²) in [6.45, 7) is 7.40. The van der Waals surface area contributed by atoms with Crippen molar-refractivity contribution in [2.24, 2.45) is 5.41 Å². The molecule has 2 aliphatic rings. The standard InChI is InChI=1S/C24H30N2O6S/c1-17-20(19(31-21(17)27)18-8-6-5-7-9-18)33(29,30)16-24(10-13-25)11-14-26(15-12-24)22(28)32-23(2,3)4/h5-9,19H,10-12,14-16H2,1-4H3. The number of nitriles is 1. The number of carbonyl (C=O) groups excluding carboxylic acids is 2. The Morgan fingerprint density at radius 1 is 1.24 bits per heavy atom. The van der Waals surface area contributed by atoms with Gasteiger partial charge in [0.15, 0.2) is 15.9 Å². The van der Waals surface area contributed by atoms with E-state index in [0.29, 0.717) is 31.5 Å². The molecular formula is C24H30N2O6S. The Morgan fingerprint density at radius 2 is 1.85 bits per heavy atom. The van der Waals surface area contributed by atoms with Crippen LogP contribution < -0.4 is 0 Å². The Morgan fingerprint density at radius 3 is 2.39 bits per heavy atom. The zero-order chi connectivity index (χ0) is 24.4. The maximum atomic E-state index is 13.6. The fourth-order valence-electron chi connectivity index (χ4n) is 4.30. The van der Waals surface area contributed by atoms with Crippen LogP contribution in [0.1, 0.15) is 58.6 Å². The predicted octanol–water partition coefficient (Wildman–Crippen LogP) is 3.90. The minimum absolute atomic E-state index is 0.0333. The molecule has 0 aromatic heterocycles. The number of benzene rings is 1. The summed E-state index contributed by atoms with van der Waals surface area (Å²) in [7, 11) is -3.94. The highest BCUT2D eigenvalue weighted by Gasteiger charge is 2.46. The molecule has 1 atom stereocenters. The number of carbonyl (C=O) groups is 2. The van der Waals surface area contributed by atoms with Gasteiger partial charge >= 0.3 is 12.1 Å². The summed E-state index contributed by atoms with van der Waals surface area (Å²) in [6, 6.07) is 10.9. The van der Waals surface area contributed by atoms with Crippen molar-refractivity contribution >= 4 is 21.9 Å². The highest BCUT2D eigenvalue weighted by atomic mass is 32.2. The van der Waals surface area contributed by atoms with Crippen molar-refractivity contribution in [2.45, 2.75) is 58.7 Å². The third-order valence-corrected chi connectivity index (χ3v) is 8.19. The number of ether oxygens (including phenoxy) is 2. The van der Waals surface area contributed by atoms with Crippen LogP contribution in [0.2, 0.25) is 0 Å². The first-order chi connectivity index (χ1) is 15.4. The molecule has 0 aliphatic carbocycles. The largest absolute Gasteiger partial charge is 0.448 e. The molecule has 0 N–H and O–H groups in total. The molecule has 9 heteroatoms. The van der Waals surface area contributed by atoms with Crippen LogP contribution in [-0.2, 0) is 24.1 Å². The van der Waals surface area contributed by atoms with E-state index in [1.807, 2.05) is 0 Å². The maximum absolute atomic E-state index is 13.6. The molecule has 2 heterocycles. The second kappa shape index (κ2) is 9.18. The first-order valence-electron chi connectivity index (χ1n) is 10.9. The van der Waals surface area contributed by atoms with Gasteiger partial charge in [0.25, 0.3) is 0 Å². The Kier molecular flexibility index (Phi) is 6.89. The third kappa shape index (κ3) is 5.56. The highest BCUT2D eigenvalue weighted by Crippen LogP contribution is 2.43. The van der Waals surface area contributed by atoms with Crippen LogP contribution in [0.5, 0.6) is 0 Å². The Hall–Kier alpha value is -2.86. The molecule has 0 radical (unpaired) electrons. The van der Waals surface area contributed by atoms with E-state index >= 15 is 0 Å². The lowest BCUT2D eigenvalue weighted by molar-refractivity contribution is -0.139.